The molecule has 24 heavy (non-hydrogen) atoms. The van der Waals surface area contributed by atoms with Gasteiger partial charge in [-0.15, -0.1) is 11.3 Å². The van der Waals surface area contributed by atoms with Crippen molar-refractivity contribution in [3.63, 3.8) is 0 Å². The van der Waals surface area contributed by atoms with Gasteiger partial charge in [-0.2, -0.15) is 0 Å². The summed E-state index contributed by atoms with van der Waals surface area (Å²) < 4.78 is 6.57. The number of hydrogen-bond acceptors (Lipinski definition) is 5. The van der Waals surface area contributed by atoms with Crippen LogP contribution in [0.25, 0.3) is 10.2 Å². The predicted molar refractivity (Wildman–Crippen MR) is 101 cm³/mol. The van der Waals surface area contributed by atoms with Crippen molar-refractivity contribution in [2.24, 2.45) is 10.9 Å². The van der Waals surface area contributed by atoms with E-state index in [-0.39, 0.29) is 12.0 Å². The molecule has 0 radical (unpaired) electrons. The number of rotatable bonds is 6. The van der Waals surface area contributed by atoms with E-state index in [0.717, 1.165) is 21.6 Å². The molecule has 130 valence electrons. The Balaban J connectivity index is 2.08. The minimum absolute atomic E-state index is 0.0770. The molecule has 1 aromatic heterocycles. The standard InChI is InChI=1S/C19H26N2O2S/c1-13(2)10-14(11-18(22)23-19(3,4)5)20-12-17-21-15-8-6-7-9-16(15)24-17/h6-9,12-14H,10-11H2,1-5H3. The van der Waals surface area contributed by atoms with Gasteiger partial charge in [0.15, 0.2) is 0 Å². The first-order valence-electron chi connectivity index (χ1n) is 8.33. The van der Waals surface area contributed by atoms with E-state index in [4.69, 9.17) is 4.74 Å². The van der Waals surface area contributed by atoms with Crippen LogP contribution in [0.3, 0.4) is 0 Å². The lowest BCUT2D eigenvalue weighted by atomic mass is 10.0. The van der Waals surface area contributed by atoms with E-state index >= 15 is 0 Å². The van der Waals surface area contributed by atoms with Crippen molar-refractivity contribution in [3.8, 4) is 0 Å². The second-order valence-corrected chi connectivity index (χ2v) is 8.43. The van der Waals surface area contributed by atoms with Gasteiger partial charge in [-0.3, -0.25) is 9.79 Å². The molecule has 1 aromatic carbocycles. The van der Waals surface area contributed by atoms with Gasteiger partial charge in [0, 0.05) is 0 Å². The lowest BCUT2D eigenvalue weighted by Gasteiger charge is -2.21. The number of carbonyl (C=O) groups is 1. The Labute approximate surface area is 148 Å². The summed E-state index contributed by atoms with van der Waals surface area (Å²) in [7, 11) is 0. The van der Waals surface area contributed by atoms with Gasteiger partial charge in [0.05, 0.1) is 28.9 Å². The van der Waals surface area contributed by atoms with Crippen LogP contribution in [0, 0.1) is 5.92 Å². The third kappa shape index (κ3) is 6.04. The zero-order valence-electron chi connectivity index (χ0n) is 15.1. The lowest BCUT2D eigenvalue weighted by Crippen LogP contribution is -2.26. The van der Waals surface area contributed by atoms with Crippen molar-refractivity contribution in [1.82, 2.24) is 4.98 Å². The largest absolute Gasteiger partial charge is 0.460 e. The Kier molecular flexibility index (Phi) is 6.10. The second kappa shape index (κ2) is 7.88. The van der Waals surface area contributed by atoms with Gasteiger partial charge in [-0.1, -0.05) is 26.0 Å². The Hall–Kier alpha value is -1.75. The molecule has 0 amide bonds. The van der Waals surface area contributed by atoms with Gasteiger partial charge in [-0.25, -0.2) is 4.98 Å². The highest BCUT2D eigenvalue weighted by molar-refractivity contribution is 7.20. The number of esters is 1. The molecule has 0 N–H and O–H groups in total. The zero-order valence-corrected chi connectivity index (χ0v) is 15.9. The minimum Gasteiger partial charge on any atom is -0.460 e. The molecule has 2 rings (SSSR count). The van der Waals surface area contributed by atoms with Crippen molar-refractivity contribution in [2.45, 2.75) is 59.1 Å². The minimum atomic E-state index is -0.462. The van der Waals surface area contributed by atoms with Gasteiger partial charge in [0.1, 0.15) is 10.6 Å². The molecule has 0 spiro atoms. The summed E-state index contributed by atoms with van der Waals surface area (Å²) in [5.41, 5.74) is 0.521. The van der Waals surface area contributed by atoms with Gasteiger partial charge in [0.2, 0.25) is 0 Å². The van der Waals surface area contributed by atoms with Crippen molar-refractivity contribution in [3.05, 3.63) is 29.3 Å². The number of carbonyl (C=O) groups excluding carboxylic acids is 1. The first-order chi connectivity index (χ1) is 11.2. The van der Waals surface area contributed by atoms with E-state index in [9.17, 15) is 4.79 Å². The summed E-state index contributed by atoms with van der Waals surface area (Å²) in [6.45, 7) is 9.91. The van der Waals surface area contributed by atoms with Crippen LogP contribution in [0.4, 0.5) is 0 Å². The zero-order chi connectivity index (χ0) is 17.7. The van der Waals surface area contributed by atoms with Crippen molar-refractivity contribution < 1.29 is 9.53 Å². The van der Waals surface area contributed by atoms with Crippen LogP contribution in [0.5, 0.6) is 0 Å². The average Bonchev–Trinajstić information content (AvgIpc) is 2.84. The summed E-state index contributed by atoms with van der Waals surface area (Å²) in [5, 5.41) is 0.870. The number of thiazole rings is 1. The Bertz CT molecular complexity index is 680. The third-order valence-corrected chi connectivity index (χ3v) is 4.24. The maximum Gasteiger partial charge on any atom is 0.308 e. The van der Waals surface area contributed by atoms with Crippen LogP contribution < -0.4 is 0 Å². The van der Waals surface area contributed by atoms with E-state index in [0.29, 0.717) is 12.3 Å². The van der Waals surface area contributed by atoms with Gasteiger partial charge in [-0.05, 0) is 45.2 Å². The highest BCUT2D eigenvalue weighted by Gasteiger charge is 2.20. The number of benzene rings is 1. The molecule has 0 aliphatic carbocycles. The molecular formula is C19H26N2O2S. The summed E-state index contributed by atoms with van der Waals surface area (Å²) in [4.78, 5) is 21.3. The molecule has 0 bridgehead atoms. The third-order valence-electron chi connectivity index (χ3n) is 3.27. The summed E-state index contributed by atoms with van der Waals surface area (Å²) in [6, 6.07) is 7.96. The SMILES string of the molecule is CC(C)CC(CC(=O)OC(C)(C)C)N=Cc1nc2ccccc2s1. The fourth-order valence-corrected chi connectivity index (χ4v) is 3.28. The van der Waals surface area contributed by atoms with Crippen LogP contribution >= 0.6 is 11.3 Å². The molecule has 1 atom stereocenters. The van der Waals surface area contributed by atoms with E-state index in [1.54, 1.807) is 17.6 Å². The van der Waals surface area contributed by atoms with Crippen LogP contribution in [-0.2, 0) is 9.53 Å². The van der Waals surface area contributed by atoms with E-state index in [2.05, 4.69) is 29.9 Å². The average molecular weight is 346 g/mol. The van der Waals surface area contributed by atoms with E-state index < -0.39 is 5.60 Å². The Morgan fingerprint density at radius 1 is 1.33 bits per heavy atom. The van der Waals surface area contributed by atoms with E-state index in [1.165, 1.54) is 0 Å². The number of nitrogens with zero attached hydrogens (tertiary/aromatic N) is 2. The van der Waals surface area contributed by atoms with Crippen molar-refractivity contribution in [1.29, 1.82) is 0 Å². The van der Waals surface area contributed by atoms with E-state index in [1.807, 2.05) is 39.0 Å². The molecule has 0 aliphatic rings. The van der Waals surface area contributed by atoms with Crippen LogP contribution in [0.1, 0.15) is 52.5 Å². The normalized spacial score (nSPS) is 13.8. The topological polar surface area (TPSA) is 51.5 Å². The van der Waals surface area contributed by atoms with Crippen LogP contribution in [0.15, 0.2) is 29.3 Å². The van der Waals surface area contributed by atoms with Crippen molar-refractivity contribution in [2.75, 3.05) is 0 Å². The van der Waals surface area contributed by atoms with Crippen LogP contribution in [-0.4, -0.2) is 28.8 Å². The van der Waals surface area contributed by atoms with Crippen LogP contribution in [0.2, 0.25) is 0 Å². The number of aliphatic imine (C=N–C) groups is 1. The summed E-state index contributed by atoms with van der Waals surface area (Å²) >= 11 is 1.61. The molecule has 2 aromatic rings. The lowest BCUT2D eigenvalue weighted by molar-refractivity contribution is -0.155. The molecule has 1 heterocycles. The summed E-state index contributed by atoms with van der Waals surface area (Å²) in [6.07, 6.45) is 2.94. The monoisotopic (exact) mass is 346 g/mol. The predicted octanol–water partition coefficient (Wildman–Crippen LogP) is 4.86. The highest BCUT2D eigenvalue weighted by atomic mass is 32.1. The number of ether oxygens (including phenoxy) is 1. The molecule has 4 nitrogen and oxygen atoms in total. The van der Waals surface area contributed by atoms with Gasteiger partial charge in [0.25, 0.3) is 0 Å². The first kappa shape index (κ1) is 18.6. The second-order valence-electron chi connectivity index (χ2n) is 7.37. The maximum absolute atomic E-state index is 12.1. The number of para-hydroxylation sites is 1. The molecule has 0 fully saturated rings. The molecule has 0 aliphatic heterocycles. The van der Waals surface area contributed by atoms with Crippen molar-refractivity contribution >= 4 is 33.7 Å². The fraction of sp³-hybridized carbons (Fsp3) is 0.526. The number of aromatic nitrogens is 1. The fourth-order valence-electron chi connectivity index (χ4n) is 2.43. The summed E-state index contributed by atoms with van der Waals surface area (Å²) in [5.74, 6) is 0.263. The molecule has 5 heteroatoms. The Morgan fingerprint density at radius 3 is 2.67 bits per heavy atom. The maximum atomic E-state index is 12.1. The van der Waals surface area contributed by atoms with Gasteiger partial charge < -0.3 is 4.74 Å². The molecule has 1 unspecified atom stereocenters. The molecular weight excluding hydrogens is 320 g/mol. The first-order valence-corrected chi connectivity index (χ1v) is 9.15. The quantitative estimate of drug-likeness (QED) is 0.554. The highest BCUT2D eigenvalue weighted by Crippen LogP contribution is 2.21. The number of fused-ring (bicyclic) bond motifs is 1. The molecule has 0 saturated heterocycles. The number of hydrogen-bond donors (Lipinski definition) is 0. The molecule has 0 saturated carbocycles. The van der Waals surface area contributed by atoms with Gasteiger partial charge >= 0.3 is 5.97 Å². The smallest absolute Gasteiger partial charge is 0.308 e. The Morgan fingerprint density at radius 2 is 2.04 bits per heavy atom.